The van der Waals surface area contributed by atoms with Crippen LogP contribution in [0.2, 0.25) is 4.34 Å². The van der Waals surface area contributed by atoms with Gasteiger partial charge < -0.3 is 5.73 Å². The lowest BCUT2D eigenvalue weighted by molar-refractivity contribution is 0.588. The maximum atomic E-state index is 6.35. The highest BCUT2D eigenvalue weighted by atomic mass is 35.5. The van der Waals surface area contributed by atoms with Crippen LogP contribution < -0.4 is 5.73 Å². The molecule has 1 unspecified atom stereocenters. The van der Waals surface area contributed by atoms with Crippen molar-refractivity contribution in [2.45, 2.75) is 52.5 Å². The molecule has 1 heterocycles. The fraction of sp³-hybridized carbons (Fsp3) is 0.444. The van der Waals surface area contributed by atoms with Gasteiger partial charge in [0.1, 0.15) is 0 Å². The van der Waals surface area contributed by atoms with Crippen LogP contribution in [0.1, 0.15) is 53.9 Å². The van der Waals surface area contributed by atoms with Crippen molar-refractivity contribution in [2.75, 3.05) is 0 Å². The number of hydrogen-bond acceptors (Lipinski definition) is 2. The first kappa shape index (κ1) is 16.5. The Bertz CT molecular complexity index is 614. The molecule has 3 heteroatoms. The molecular formula is C18H24ClNS. The van der Waals surface area contributed by atoms with E-state index in [0.29, 0.717) is 0 Å². The van der Waals surface area contributed by atoms with Crippen LogP contribution in [0.4, 0.5) is 0 Å². The second-order valence-electron chi connectivity index (χ2n) is 6.79. The minimum absolute atomic E-state index is 0.0142. The van der Waals surface area contributed by atoms with E-state index in [0.717, 1.165) is 15.6 Å². The van der Waals surface area contributed by atoms with Gasteiger partial charge in [-0.05, 0) is 60.1 Å². The molecule has 0 amide bonds. The highest BCUT2D eigenvalue weighted by Gasteiger charge is 2.18. The normalized spacial score (nSPS) is 13.5. The van der Waals surface area contributed by atoms with Crippen molar-refractivity contribution in [3.63, 3.8) is 0 Å². The van der Waals surface area contributed by atoms with Gasteiger partial charge in [0.2, 0.25) is 0 Å². The van der Waals surface area contributed by atoms with Gasteiger partial charge in [-0.25, -0.2) is 0 Å². The van der Waals surface area contributed by atoms with Gasteiger partial charge in [0.05, 0.1) is 4.34 Å². The Hall–Kier alpha value is -0.830. The van der Waals surface area contributed by atoms with E-state index in [1.165, 1.54) is 22.3 Å². The Balaban J connectivity index is 2.28. The number of rotatable bonds is 3. The Morgan fingerprint density at radius 1 is 1.14 bits per heavy atom. The fourth-order valence-corrected chi connectivity index (χ4v) is 3.66. The maximum absolute atomic E-state index is 6.35. The third kappa shape index (κ3) is 3.88. The summed E-state index contributed by atoms with van der Waals surface area (Å²) in [5.41, 5.74) is 11.9. The van der Waals surface area contributed by atoms with Crippen molar-refractivity contribution in [1.82, 2.24) is 0 Å². The highest BCUT2D eigenvalue weighted by molar-refractivity contribution is 7.16. The Morgan fingerprint density at radius 3 is 2.14 bits per heavy atom. The molecule has 0 aliphatic rings. The Labute approximate surface area is 137 Å². The molecule has 114 valence electrons. The van der Waals surface area contributed by atoms with Crippen molar-refractivity contribution in [1.29, 1.82) is 0 Å². The first-order chi connectivity index (χ1) is 9.68. The van der Waals surface area contributed by atoms with E-state index >= 15 is 0 Å². The third-order valence-electron chi connectivity index (χ3n) is 3.95. The SMILES string of the molecule is Cc1cc(C(C)(C)C)cc(C)c1CC(N)c1ccc(Cl)s1. The summed E-state index contributed by atoms with van der Waals surface area (Å²) in [4.78, 5) is 1.15. The largest absolute Gasteiger partial charge is 0.323 e. The lowest BCUT2D eigenvalue weighted by Crippen LogP contribution is -2.16. The average Bonchev–Trinajstić information content (AvgIpc) is 2.79. The smallest absolute Gasteiger partial charge is 0.0931 e. The molecule has 0 radical (unpaired) electrons. The molecule has 2 aromatic rings. The van der Waals surface area contributed by atoms with E-state index in [4.69, 9.17) is 17.3 Å². The van der Waals surface area contributed by atoms with Crippen molar-refractivity contribution < 1.29 is 0 Å². The molecule has 0 saturated carbocycles. The molecule has 0 spiro atoms. The highest BCUT2D eigenvalue weighted by Crippen LogP contribution is 2.31. The maximum Gasteiger partial charge on any atom is 0.0931 e. The zero-order valence-corrected chi connectivity index (χ0v) is 15.0. The van der Waals surface area contributed by atoms with Gasteiger partial charge in [-0.15, -0.1) is 11.3 Å². The molecular weight excluding hydrogens is 298 g/mol. The third-order valence-corrected chi connectivity index (χ3v) is 5.31. The van der Waals surface area contributed by atoms with E-state index in [2.05, 4.69) is 46.8 Å². The molecule has 0 bridgehead atoms. The van der Waals surface area contributed by atoms with Gasteiger partial charge in [0.25, 0.3) is 0 Å². The van der Waals surface area contributed by atoms with Crippen LogP contribution in [0.3, 0.4) is 0 Å². The van der Waals surface area contributed by atoms with Gasteiger partial charge in [-0.3, -0.25) is 0 Å². The summed E-state index contributed by atoms with van der Waals surface area (Å²) in [5.74, 6) is 0. The Kier molecular flexibility index (Phi) is 4.82. The van der Waals surface area contributed by atoms with E-state index < -0.39 is 0 Å². The molecule has 21 heavy (non-hydrogen) atoms. The number of thiophene rings is 1. The first-order valence-corrected chi connectivity index (χ1v) is 8.49. The zero-order valence-electron chi connectivity index (χ0n) is 13.5. The first-order valence-electron chi connectivity index (χ1n) is 7.30. The molecule has 2 N–H and O–H groups in total. The molecule has 1 atom stereocenters. The standard InChI is InChI=1S/C18H24ClNS/c1-11-8-13(18(3,4)5)9-12(2)14(11)10-15(20)16-6-7-17(19)21-16/h6-9,15H,10,20H2,1-5H3. The summed E-state index contributed by atoms with van der Waals surface area (Å²) in [5, 5.41) is 0. The summed E-state index contributed by atoms with van der Waals surface area (Å²) >= 11 is 7.58. The van der Waals surface area contributed by atoms with E-state index in [9.17, 15) is 0 Å². The number of nitrogens with two attached hydrogens (primary N) is 1. The van der Waals surface area contributed by atoms with Crippen LogP contribution in [-0.4, -0.2) is 0 Å². The van der Waals surface area contributed by atoms with Gasteiger partial charge >= 0.3 is 0 Å². The topological polar surface area (TPSA) is 26.0 Å². The Morgan fingerprint density at radius 2 is 1.71 bits per heavy atom. The predicted molar refractivity (Wildman–Crippen MR) is 94.6 cm³/mol. The number of halogens is 1. The molecule has 2 rings (SSSR count). The molecule has 1 aromatic heterocycles. The molecule has 0 fully saturated rings. The number of benzene rings is 1. The quantitative estimate of drug-likeness (QED) is 0.787. The van der Waals surface area contributed by atoms with Crippen molar-refractivity contribution in [3.05, 3.63) is 55.7 Å². The van der Waals surface area contributed by atoms with Crippen molar-refractivity contribution >= 4 is 22.9 Å². The zero-order chi connectivity index (χ0) is 15.8. The van der Waals surface area contributed by atoms with Crippen molar-refractivity contribution in [2.24, 2.45) is 5.73 Å². The predicted octanol–water partition coefficient (Wildman–Crippen LogP) is 5.56. The van der Waals surface area contributed by atoms with Crippen LogP contribution in [0, 0.1) is 13.8 Å². The molecule has 0 aliphatic carbocycles. The lowest BCUT2D eigenvalue weighted by Gasteiger charge is -2.23. The van der Waals surface area contributed by atoms with E-state index in [-0.39, 0.29) is 11.5 Å². The summed E-state index contributed by atoms with van der Waals surface area (Å²) < 4.78 is 0.803. The average molecular weight is 322 g/mol. The second kappa shape index (κ2) is 6.12. The minimum Gasteiger partial charge on any atom is -0.323 e. The summed E-state index contributed by atoms with van der Waals surface area (Å²) in [7, 11) is 0. The van der Waals surface area contributed by atoms with Gasteiger partial charge in [0, 0.05) is 10.9 Å². The monoisotopic (exact) mass is 321 g/mol. The summed E-state index contributed by atoms with van der Waals surface area (Å²) in [6.07, 6.45) is 0.860. The molecule has 0 saturated heterocycles. The van der Waals surface area contributed by atoms with Gasteiger partial charge in [-0.1, -0.05) is 44.5 Å². The van der Waals surface area contributed by atoms with Gasteiger partial charge in [0.15, 0.2) is 0 Å². The van der Waals surface area contributed by atoms with Crippen LogP contribution in [0.25, 0.3) is 0 Å². The molecule has 0 aliphatic heterocycles. The number of hydrogen-bond donors (Lipinski definition) is 1. The molecule has 1 nitrogen and oxygen atoms in total. The van der Waals surface area contributed by atoms with E-state index in [1.807, 2.05) is 12.1 Å². The van der Waals surface area contributed by atoms with Crippen molar-refractivity contribution in [3.8, 4) is 0 Å². The van der Waals surface area contributed by atoms with Crippen LogP contribution in [0.5, 0.6) is 0 Å². The second-order valence-corrected chi connectivity index (χ2v) is 8.54. The van der Waals surface area contributed by atoms with Crippen LogP contribution in [-0.2, 0) is 11.8 Å². The fourth-order valence-electron chi connectivity index (χ4n) is 2.60. The summed E-state index contributed by atoms with van der Waals surface area (Å²) in [6, 6.07) is 8.57. The summed E-state index contributed by atoms with van der Waals surface area (Å²) in [6.45, 7) is 11.1. The lowest BCUT2D eigenvalue weighted by atomic mass is 9.83. The van der Waals surface area contributed by atoms with Gasteiger partial charge in [-0.2, -0.15) is 0 Å². The molecule has 1 aromatic carbocycles. The van der Waals surface area contributed by atoms with Crippen LogP contribution in [0.15, 0.2) is 24.3 Å². The number of aryl methyl sites for hydroxylation is 2. The minimum atomic E-state index is 0.0142. The van der Waals surface area contributed by atoms with Crippen LogP contribution >= 0.6 is 22.9 Å². The van der Waals surface area contributed by atoms with E-state index in [1.54, 1.807) is 11.3 Å².